The first kappa shape index (κ1) is 28.1. The van der Waals surface area contributed by atoms with Crippen LogP contribution in [0.15, 0.2) is 85.7 Å². The number of hydrogen-bond acceptors (Lipinski definition) is 5. The van der Waals surface area contributed by atoms with Gasteiger partial charge >= 0.3 is 17.6 Å². The van der Waals surface area contributed by atoms with E-state index in [1.165, 1.54) is 0 Å². The van der Waals surface area contributed by atoms with E-state index >= 15 is 0 Å². The molecule has 6 rings (SSSR count). The van der Waals surface area contributed by atoms with Crippen molar-refractivity contribution in [2.24, 2.45) is 7.05 Å². The SMILES string of the molecule is CN1[CH-]N(c2[c-]cccc2)c2nccnc21.C[n+]1cn(-c2ccccc2)c2ncc[nH+]c21.[Cl-].[Cl-].[Ir]. The zero-order chi connectivity index (χ0) is 21.9. The predicted molar refractivity (Wildman–Crippen MR) is 121 cm³/mol. The molecule has 5 aromatic rings. The first-order valence-electron chi connectivity index (χ1n) is 10.2. The van der Waals surface area contributed by atoms with Crippen LogP contribution in [0.1, 0.15) is 0 Å². The number of aromatic nitrogens is 6. The van der Waals surface area contributed by atoms with Crippen LogP contribution in [-0.2, 0) is 27.2 Å². The number of aryl methyl sites for hydroxylation is 1. The molecule has 1 N–H and O–H groups in total. The minimum Gasteiger partial charge on any atom is -1.00 e. The number of para-hydroxylation sites is 2. The molecule has 0 unspecified atom stereocenters. The van der Waals surface area contributed by atoms with E-state index in [4.69, 9.17) is 0 Å². The van der Waals surface area contributed by atoms with Crippen LogP contribution in [0, 0.1) is 12.7 Å². The fourth-order valence-corrected chi connectivity index (χ4v) is 3.58. The Balaban J connectivity index is 0.000000227. The van der Waals surface area contributed by atoms with Crippen LogP contribution in [-0.4, -0.2) is 26.6 Å². The molecule has 8 nitrogen and oxygen atoms in total. The molecule has 4 heterocycles. The van der Waals surface area contributed by atoms with E-state index in [-0.39, 0.29) is 44.9 Å². The second kappa shape index (κ2) is 12.6. The van der Waals surface area contributed by atoms with Crippen molar-refractivity contribution >= 4 is 28.6 Å². The normalized spacial score (nSPS) is 11.4. The van der Waals surface area contributed by atoms with E-state index in [0.29, 0.717) is 0 Å². The average molecular weight is 686 g/mol. The van der Waals surface area contributed by atoms with Gasteiger partial charge in [0.1, 0.15) is 24.9 Å². The number of imidazole rings is 1. The number of halogens is 2. The van der Waals surface area contributed by atoms with Gasteiger partial charge in [0.2, 0.25) is 0 Å². The van der Waals surface area contributed by atoms with Crippen molar-refractivity contribution in [3.05, 3.63) is 98.4 Å². The number of aromatic amines is 1. The summed E-state index contributed by atoms with van der Waals surface area (Å²) in [6.07, 6.45) is 9.01. The first-order valence-corrected chi connectivity index (χ1v) is 10.2. The van der Waals surface area contributed by atoms with Gasteiger partial charge in [0.25, 0.3) is 0 Å². The molecule has 0 fully saturated rings. The van der Waals surface area contributed by atoms with Gasteiger partial charge in [-0.2, -0.15) is 39.9 Å². The Kier molecular flexibility index (Phi) is 10.1. The van der Waals surface area contributed by atoms with Crippen LogP contribution in [0.5, 0.6) is 0 Å². The molecule has 3 aromatic heterocycles. The summed E-state index contributed by atoms with van der Waals surface area (Å²) in [6, 6.07) is 21.2. The van der Waals surface area contributed by atoms with Crippen molar-refractivity contribution in [3.63, 3.8) is 0 Å². The van der Waals surface area contributed by atoms with E-state index in [2.05, 4.69) is 42.7 Å². The van der Waals surface area contributed by atoms with Gasteiger partial charge in [-0.05, 0) is 19.2 Å². The first-order chi connectivity index (χ1) is 15.7. The molecule has 1 aliphatic rings. The summed E-state index contributed by atoms with van der Waals surface area (Å²) < 4.78 is 4.08. The molecule has 1 radical (unpaired) electrons. The number of rotatable bonds is 2. The Hall–Kier alpha value is -3.10. The molecule has 11 heteroatoms. The largest absolute Gasteiger partial charge is 1.00 e. The summed E-state index contributed by atoms with van der Waals surface area (Å²) in [7, 11) is 3.95. The van der Waals surface area contributed by atoms with Crippen molar-refractivity contribution in [2.45, 2.75) is 0 Å². The summed E-state index contributed by atoms with van der Waals surface area (Å²) in [5.41, 5.74) is 4.01. The van der Waals surface area contributed by atoms with Crippen LogP contribution in [0.3, 0.4) is 0 Å². The molecule has 0 saturated carbocycles. The van der Waals surface area contributed by atoms with Gasteiger partial charge < -0.3 is 34.6 Å². The number of benzene rings is 2. The quantitative estimate of drug-likeness (QED) is 0.144. The van der Waals surface area contributed by atoms with Crippen molar-refractivity contribution in [1.82, 2.24) is 19.5 Å². The maximum Gasteiger partial charge on any atom is 0.415 e. The molecule has 35 heavy (non-hydrogen) atoms. The third kappa shape index (κ3) is 5.77. The summed E-state index contributed by atoms with van der Waals surface area (Å²) >= 11 is 0. The Morgan fingerprint density at radius 1 is 0.914 bits per heavy atom. The van der Waals surface area contributed by atoms with Crippen molar-refractivity contribution in [1.29, 1.82) is 0 Å². The number of hydrogen-bond donors (Lipinski definition) is 0. The smallest absolute Gasteiger partial charge is 0.415 e. The summed E-state index contributed by atoms with van der Waals surface area (Å²) in [5.74, 6) is 1.70. The number of fused-ring (bicyclic) bond motifs is 2. The van der Waals surface area contributed by atoms with Gasteiger partial charge in [-0.15, -0.1) is 16.9 Å². The second-order valence-corrected chi connectivity index (χ2v) is 7.24. The Labute approximate surface area is 229 Å². The molecular weight excluding hydrogens is 663 g/mol. The van der Waals surface area contributed by atoms with E-state index in [9.17, 15) is 0 Å². The minimum atomic E-state index is 0. The molecule has 0 amide bonds. The number of nitrogens with one attached hydrogen (secondary N) is 1. The van der Waals surface area contributed by atoms with E-state index in [1.807, 2.05) is 90.1 Å². The topological polar surface area (TPSA) is 68.1 Å². The van der Waals surface area contributed by atoms with Gasteiger partial charge in [0, 0.05) is 32.5 Å². The van der Waals surface area contributed by atoms with E-state index < -0.39 is 0 Å². The fourth-order valence-electron chi connectivity index (χ4n) is 3.58. The third-order valence-electron chi connectivity index (χ3n) is 5.07. The van der Waals surface area contributed by atoms with Gasteiger partial charge in [0.15, 0.2) is 5.69 Å². The minimum absolute atomic E-state index is 0. The molecular formula is C24H22Cl2IrN8-2. The Bertz CT molecular complexity index is 1350. The van der Waals surface area contributed by atoms with Crippen molar-refractivity contribution in [3.8, 4) is 5.69 Å². The molecule has 0 bridgehead atoms. The van der Waals surface area contributed by atoms with Gasteiger partial charge in [-0.3, -0.25) is 0 Å². The number of nitrogens with zero attached hydrogens (tertiary/aromatic N) is 7. The zero-order valence-corrected chi connectivity index (χ0v) is 22.8. The van der Waals surface area contributed by atoms with Gasteiger partial charge in [-0.25, -0.2) is 15.0 Å². The zero-order valence-electron chi connectivity index (χ0n) is 18.9. The molecule has 0 atom stereocenters. The number of anilines is 3. The predicted octanol–water partition coefficient (Wildman–Crippen LogP) is -3.35. The molecule has 0 spiro atoms. The summed E-state index contributed by atoms with van der Waals surface area (Å²) in [4.78, 5) is 20.1. The van der Waals surface area contributed by atoms with Gasteiger partial charge in [-0.1, -0.05) is 18.2 Å². The van der Waals surface area contributed by atoms with E-state index in [1.54, 1.807) is 18.6 Å². The van der Waals surface area contributed by atoms with Crippen LogP contribution < -0.4 is 44.2 Å². The second-order valence-electron chi connectivity index (χ2n) is 7.24. The third-order valence-corrected chi connectivity index (χ3v) is 5.07. The van der Waals surface area contributed by atoms with Crippen LogP contribution >= 0.6 is 0 Å². The van der Waals surface area contributed by atoms with Crippen LogP contribution in [0.4, 0.5) is 17.3 Å². The van der Waals surface area contributed by atoms with Gasteiger partial charge in [0.05, 0.1) is 6.20 Å². The standard InChI is InChI=1S/C12H11N4.C12H10N4.2ClH.Ir/c2*1-15-9-16(10-5-3-2-4-6-10)12-11(15)13-7-8-14-12;;;/h2-9H,1H3;2-5,7-9H,1H3;2*1H;/q+1;-2;;;/p-1. The Morgan fingerprint density at radius 3 is 2.34 bits per heavy atom. The summed E-state index contributed by atoms with van der Waals surface area (Å²) in [5, 5.41) is 0. The molecule has 0 saturated heterocycles. The molecule has 1 aliphatic heterocycles. The monoisotopic (exact) mass is 685 g/mol. The van der Waals surface area contributed by atoms with Crippen LogP contribution in [0.2, 0.25) is 0 Å². The maximum absolute atomic E-state index is 4.39. The molecule has 2 aromatic carbocycles. The number of H-pyrrole nitrogens is 1. The van der Waals surface area contributed by atoms with Crippen molar-refractivity contribution in [2.75, 3.05) is 16.8 Å². The molecule has 0 aliphatic carbocycles. The Morgan fingerprint density at radius 2 is 1.63 bits per heavy atom. The molecule has 183 valence electrons. The fraction of sp³-hybridized carbons (Fsp3) is 0.0833. The average Bonchev–Trinajstić information content (AvgIpc) is 3.38. The summed E-state index contributed by atoms with van der Waals surface area (Å²) in [6.45, 7) is 1.95. The van der Waals surface area contributed by atoms with Crippen molar-refractivity contribution < 1.29 is 54.5 Å². The van der Waals surface area contributed by atoms with Crippen LogP contribution in [0.25, 0.3) is 17.0 Å². The van der Waals surface area contributed by atoms with E-state index in [0.717, 1.165) is 34.3 Å². The maximum atomic E-state index is 4.39.